The molecule has 0 saturated carbocycles. The maximum atomic E-state index is 11.7. The molecule has 0 spiro atoms. The van der Waals surface area contributed by atoms with Gasteiger partial charge in [-0.2, -0.15) is 0 Å². The molecule has 9 nitrogen and oxygen atoms in total. The van der Waals surface area contributed by atoms with E-state index in [1.807, 2.05) is 0 Å². The molecule has 0 aromatic carbocycles. The van der Waals surface area contributed by atoms with Crippen molar-refractivity contribution in [1.29, 1.82) is 0 Å². The summed E-state index contributed by atoms with van der Waals surface area (Å²) in [5.74, 6) is -1.74. The van der Waals surface area contributed by atoms with Gasteiger partial charge in [-0.1, -0.05) is 25.6 Å². The number of amides is 2. The molecule has 2 amide bonds. The molecular weight excluding hydrogens is 340 g/mol. The zero-order valence-electron chi connectivity index (χ0n) is 14.0. The predicted molar refractivity (Wildman–Crippen MR) is 87.0 cm³/mol. The summed E-state index contributed by atoms with van der Waals surface area (Å²) >= 11 is 0.734. The van der Waals surface area contributed by atoms with Gasteiger partial charge in [-0.3, -0.25) is 14.4 Å². The van der Waals surface area contributed by atoms with Gasteiger partial charge in [0.25, 0.3) is 5.12 Å². The van der Waals surface area contributed by atoms with Crippen LogP contribution in [0.15, 0.2) is 0 Å². The highest BCUT2D eigenvalue weighted by Crippen LogP contribution is 2.19. The number of aliphatic hydroxyl groups excluding tert-OH is 2. The van der Waals surface area contributed by atoms with Crippen LogP contribution in [0.2, 0.25) is 0 Å². The first-order valence-corrected chi connectivity index (χ1v) is 8.22. The maximum Gasteiger partial charge on any atom is 0.385 e. The summed E-state index contributed by atoms with van der Waals surface area (Å²) < 4.78 is 4.24. The highest BCUT2D eigenvalue weighted by molar-refractivity contribution is 8.15. The zero-order chi connectivity index (χ0) is 18.8. The maximum absolute atomic E-state index is 11.7. The van der Waals surface area contributed by atoms with Crippen LogP contribution in [0.25, 0.3) is 0 Å². The van der Waals surface area contributed by atoms with Crippen LogP contribution in [0.5, 0.6) is 0 Å². The van der Waals surface area contributed by atoms with Crippen LogP contribution in [0, 0.1) is 5.41 Å². The van der Waals surface area contributed by atoms with E-state index >= 15 is 0 Å². The lowest BCUT2D eigenvalue weighted by Crippen LogP contribution is -2.46. The Morgan fingerprint density at radius 2 is 1.79 bits per heavy atom. The molecule has 0 radical (unpaired) electrons. The Bertz CT molecular complexity index is 468. The van der Waals surface area contributed by atoms with Crippen molar-refractivity contribution in [3.05, 3.63) is 0 Å². The third-order valence-corrected chi connectivity index (χ3v) is 3.89. The molecule has 0 bridgehead atoms. The second kappa shape index (κ2) is 11.0. The van der Waals surface area contributed by atoms with Gasteiger partial charge in [0.15, 0.2) is 0 Å². The Morgan fingerprint density at radius 3 is 2.33 bits per heavy atom. The Morgan fingerprint density at radius 1 is 1.17 bits per heavy atom. The average molecular weight is 364 g/mol. The number of carbonyl (C=O) groups is 4. The number of ether oxygens (including phenoxy) is 1. The van der Waals surface area contributed by atoms with E-state index in [2.05, 4.69) is 15.4 Å². The standard InChI is InChI=1S/C14H24N2O7S/c1-14(2,8-17)10(19)11(20)16-5-4-9(18)15-6-7-24-13(22)12(21)23-3/h10,17,19H,4-8H2,1-3H3,(H,15,18)(H,16,20)/t10-/m0/s1. The molecule has 0 aromatic rings. The second-order valence-electron chi connectivity index (χ2n) is 5.57. The molecule has 0 unspecified atom stereocenters. The van der Waals surface area contributed by atoms with Gasteiger partial charge < -0.3 is 25.6 Å². The molecule has 4 N–H and O–H groups in total. The van der Waals surface area contributed by atoms with Crippen LogP contribution in [0.1, 0.15) is 20.3 Å². The summed E-state index contributed by atoms with van der Waals surface area (Å²) in [5.41, 5.74) is -0.976. The summed E-state index contributed by atoms with van der Waals surface area (Å²) in [5, 5.41) is 23.0. The van der Waals surface area contributed by atoms with E-state index in [1.165, 1.54) is 13.8 Å². The number of hydrogen-bond donors (Lipinski definition) is 4. The first-order valence-electron chi connectivity index (χ1n) is 7.24. The lowest BCUT2D eigenvalue weighted by molar-refractivity contribution is -0.147. The van der Waals surface area contributed by atoms with Gasteiger partial charge in [-0.15, -0.1) is 0 Å². The SMILES string of the molecule is COC(=O)C(=O)SCCNC(=O)CCNC(=O)[C@H](O)C(C)(C)CO. The Hall–Kier alpha value is -1.65. The van der Waals surface area contributed by atoms with Gasteiger partial charge in [0.05, 0.1) is 13.7 Å². The molecule has 24 heavy (non-hydrogen) atoms. The van der Waals surface area contributed by atoms with Crippen molar-refractivity contribution in [3.63, 3.8) is 0 Å². The van der Waals surface area contributed by atoms with E-state index in [-0.39, 0.29) is 37.8 Å². The largest absolute Gasteiger partial charge is 0.463 e. The average Bonchev–Trinajstić information content (AvgIpc) is 2.56. The smallest absolute Gasteiger partial charge is 0.385 e. The number of rotatable bonds is 9. The quantitative estimate of drug-likeness (QED) is 0.218. The number of nitrogens with one attached hydrogen (secondary N) is 2. The van der Waals surface area contributed by atoms with Crippen LogP contribution in [-0.2, 0) is 23.9 Å². The summed E-state index contributed by atoms with van der Waals surface area (Å²) in [6.45, 7) is 2.93. The molecule has 138 valence electrons. The van der Waals surface area contributed by atoms with E-state index < -0.39 is 28.5 Å². The normalized spacial score (nSPS) is 12.2. The molecule has 0 aliphatic carbocycles. The fourth-order valence-electron chi connectivity index (χ4n) is 1.40. The molecule has 0 saturated heterocycles. The highest BCUT2D eigenvalue weighted by atomic mass is 32.2. The summed E-state index contributed by atoms with van der Waals surface area (Å²) in [4.78, 5) is 45.2. The molecule has 0 heterocycles. The molecule has 1 atom stereocenters. The number of esters is 1. The summed E-state index contributed by atoms with van der Waals surface area (Å²) in [6.07, 6.45) is -1.39. The van der Waals surface area contributed by atoms with Crippen LogP contribution in [-0.4, -0.2) is 71.8 Å². The first-order chi connectivity index (χ1) is 11.2. The molecule has 0 aliphatic heterocycles. The number of hydrogen-bond acceptors (Lipinski definition) is 8. The van der Waals surface area contributed by atoms with Crippen molar-refractivity contribution in [2.24, 2.45) is 5.41 Å². The van der Waals surface area contributed by atoms with Gasteiger partial charge in [0.2, 0.25) is 11.8 Å². The summed E-state index contributed by atoms with van der Waals surface area (Å²) in [7, 11) is 1.11. The number of methoxy groups -OCH3 is 1. The van der Waals surface area contributed by atoms with Crippen molar-refractivity contribution in [2.75, 3.05) is 32.6 Å². The summed E-state index contributed by atoms with van der Waals surface area (Å²) in [6, 6.07) is 0. The fraction of sp³-hybridized carbons (Fsp3) is 0.714. The molecule has 0 aliphatic rings. The van der Waals surface area contributed by atoms with Gasteiger partial charge in [0, 0.05) is 30.7 Å². The van der Waals surface area contributed by atoms with Crippen molar-refractivity contribution < 1.29 is 34.1 Å². The molecular formula is C14H24N2O7S. The third-order valence-electron chi connectivity index (χ3n) is 3.06. The van der Waals surface area contributed by atoms with Gasteiger partial charge >= 0.3 is 5.97 Å². The monoisotopic (exact) mass is 364 g/mol. The fourth-order valence-corrected chi connectivity index (χ4v) is 1.99. The molecule has 10 heteroatoms. The zero-order valence-corrected chi connectivity index (χ0v) is 14.8. The molecule has 0 aromatic heterocycles. The first kappa shape index (κ1) is 22.4. The van der Waals surface area contributed by atoms with Crippen molar-refractivity contribution in [3.8, 4) is 0 Å². The van der Waals surface area contributed by atoms with Crippen molar-refractivity contribution >= 4 is 34.7 Å². The third kappa shape index (κ3) is 8.27. The van der Waals surface area contributed by atoms with Crippen LogP contribution < -0.4 is 10.6 Å². The molecule has 0 fully saturated rings. The van der Waals surface area contributed by atoms with Crippen molar-refractivity contribution in [2.45, 2.75) is 26.4 Å². The number of aliphatic hydroxyl groups is 2. The topological polar surface area (TPSA) is 142 Å². The predicted octanol–water partition coefficient (Wildman–Crippen LogP) is -1.58. The minimum atomic E-state index is -1.38. The Kier molecular flexibility index (Phi) is 10.2. The van der Waals surface area contributed by atoms with E-state index in [0.717, 1.165) is 18.9 Å². The Balaban J connectivity index is 3.90. The van der Waals surface area contributed by atoms with Crippen LogP contribution in [0.4, 0.5) is 0 Å². The van der Waals surface area contributed by atoms with Crippen molar-refractivity contribution in [1.82, 2.24) is 10.6 Å². The second-order valence-corrected chi connectivity index (χ2v) is 6.64. The highest BCUT2D eigenvalue weighted by Gasteiger charge is 2.32. The van der Waals surface area contributed by atoms with Gasteiger partial charge in [-0.05, 0) is 0 Å². The Labute approximate surface area is 144 Å². The van der Waals surface area contributed by atoms with E-state index in [4.69, 9.17) is 5.11 Å². The van der Waals surface area contributed by atoms with Crippen LogP contribution >= 0.6 is 11.8 Å². The lowest BCUT2D eigenvalue weighted by atomic mass is 9.87. The van der Waals surface area contributed by atoms with E-state index in [1.54, 1.807) is 0 Å². The number of thioether (sulfide) groups is 1. The van der Waals surface area contributed by atoms with E-state index in [0.29, 0.717) is 0 Å². The van der Waals surface area contributed by atoms with Gasteiger partial charge in [0.1, 0.15) is 6.10 Å². The van der Waals surface area contributed by atoms with Gasteiger partial charge in [-0.25, -0.2) is 4.79 Å². The van der Waals surface area contributed by atoms with E-state index in [9.17, 15) is 24.3 Å². The minimum Gasteiger partial charge on any atom is -0.463 e. The van der Waals surface area contributed by atoms with Crippen LogP contribution in [0.3, 0.4) is 0 Å². The minimum absolute atomic E-state index is 0.00632. The number of carbonyl (C=O) groups excluding carboxylic acids is 4. The molecule has 0 rings (SSSR count). The lowest BCUT2D eigenvalue weighted by Gasteiger charge is -2.27.